The number of hydrogen-bond donors (Lipinski definition) is 1. The molecule has 0 aliphatic heterocycles. The van der Waals surface area contributed by atoms with Gasteiger partial charge in [0.05, 0.1) is 0 Å². The summed E-state index contributed by atoms with van der Waals surface area (Å²) in [5.41, 5.74) is 0. The third-order valence-corrected chi connectivity index (χ3v) is 2.35. The molecule has 0 fully saturated rings. The van der Waals surface area contributed by atoms with E-state index in [-0.39, 0.29) is 0 Å². The minimum Gasteiger partial charge on any atom is -0.385 e. The van der Waals surface area contributed by atoms with Gasteiger partial charge in [-0.25, -0.2) is 0 Å². The summed E-state index contributed by atoms with van der Waals surface area (Å²) in [6.07, 6.45) is 4.52. The highest BCUT2D eigenvalue weighted by Crippen LogP contribution is 2.03. The summed E-state index contributed by atoms with van der Waals surface area (Å²) in [6.45, 7) is 7.94. The minimum atomic E-state index is 0.585. The van der Waals surface area contributed by atoms with Gasteiger partial charge in [-0.15, -0.1) is 0 Å². The van der Waals surface area contributed by atoms with E-state index in [1.54, 1.807) is 7.11 Å². The lowest BCUT2D eigenvalue weighted by Crippen LogP contribution is -2.30. The predicted octanol–water partition coefficient (Wildman–Crippen LogP) is 2.21. The molecule has 0 aromatic rings. The Morgan fingerprint density at radius 1 is 1.07 bits per heavy atom. The van der Waals surface area contributed by atoms with Gasteiger partial charge in [-0.3, -0.25) is 0 Å². The average molecular weight is 217 g/mol. The molecule has 0 saturated carbocycles. The van der Waals surface area contributed by atoms with Crippen LogP contribution in [0.1, 0.15) is 39.5 Å². The maximum absolute atomic E-state index is 5.49. The van der Waals surface area contributed by atoms with E-state index in [0.29, 0.717) is 6.04 Å². The second kappa shape index (κ2) is 12.0. The van der Waals surface area contributed by atoms with Crippen LogP contribution >= 0.6 is 0 Å². The maximum atomic E-state index is 5.49. The molecular weight excluding hydrogens is 190 g/mol. The summed E-state index contributed by atoms with van der Waals surface area (Å²) in [5.74, 6) is 0. The van der Waals surface area contributed by atoms with E-state index in [1.165, 1.54) is 6.42 Å². The Bertz CT molecular complexity index is 120. The molecule has 0 spiro atoms. The Morgan fingerprint density at radius 3 is 2.47 bits per heavy atom. The molecule has 0 aromatic heterocycles. The standard InChI is InChI=1S/C12H27NO2/c1-4-9-15-11-8-12(13-5-2)7-6-10-14-3/h12-13H,4-11H2,1-3H3. The normalized spacial score (nSPS) is 13.0. The van der Waals surface area contributed by atoms with Crippen LogP contribution in [-0.2, 0) is 9.47 Å². The fourth-order valence-corrected chi connectivity index (χ4v) is 1.58. The lowest BCUT2D eigenvalue weighted by atomic mass is 10.1. The zero-order valence-electron chi connectivity index (χ0n) is 10.6. The molecule has 0 aliphatic rings. The summed E-state index contributed by atoms with van der Waals surface area (Å²) in [5, 5.41) is 3.48. The zero-order valence-corrected chi connectivity index (χ0v) is 10.6. The van der Waals surface area contributed by atoms with Crippen molar-refractivity contribution in [2.75, 3.05) is 33.5 Å². The fraction of sp³-hybridized carbons (Fsp3) is 1.00. The smallest absolute Gasteiger partial charge is 0.0480 e. The molecular formula is C12H27NO2. The SMILES string of the molecule is CCCOCCC(CCCOC)NCC. The van der Waals surface area contributed by atoms with E-state index >= 15 is 0 Å². The van der Waals surface area contributed by atoms with Crippen molar-refractivity contribution < 1.29 is 9.47 Å². The van der Waals surface area contributed by atoms with Crippen molar-refractivity contribution in [3.8, 4) is 0 Å². The molecule has 3 heteroatoms. The van der Waals surface area contributed by atoms with Gasteiger partial charge in [0.15, 0.2) is 0 Å². The van der Waals surface area contributed by atoms with E-state index in [2.05, 4.69) is 19.2 Å². The van der Waals surface area contributed by atoms with Gasteiger partial charge in [-0.05, 0) is 32.2 Å². The van der Waals surface area contributed by atoms with Gasteiger partial charge in [0, 0.05) is 33.0 Å². The lowest BCUT2D eigenvalue weighted by molar-refractivity contribution is 0.121. The van der Waals surface area contributed by atoms with Gasteiger partial charge in [-0.1, -0.05) is 13.8 Å². The van der Waals surface area contributed by atoms with Crippen LogP contribution in [0.15, 0.2) is 0 Å². The van der Waals surface area contributed by atoms with Gasteiger partial charge in [0.1, 0.15) is 0 Å². The van der Waals surface area contributed by atoms with Gasteiger partial charge in [0.2, 0.25) is 0 Å². The summed E-state index contributed by atoms with van der Waals surface area (Å²) >= 11 is 0. The molecule has 0 rings (SSSR count). The van der Waals surface area contributed by atoms with Gasteiger partial charge >= 0.3 is 0 Å². The summed E-state index contributed by atoms with van der Waals surface area (Å²) in [7, 11) is 1.76. The summed E-state index contributed by atoms with van der Waals surface area (Å²) in [6, 6.07) is 0.585. The van der Waals surface area contributed by atoms with Crippen LogP contribution < -0.4 is 5.32 Å². The van der Waals surface area contributed by atoms with Crippen LogP contribution in [0, 0.1) is 0 Å². The Hall–Kier alpha value is -0.120. The second-order valence-electron chi connectivity index (χ2n) is 3.79. The number of rotatable bonds is 11. The first kappa shape index (κ1) is 14.9. The average Bonchev–Trinajstić information content (AvgIpc) is 2.24. The maximum Gasteiger partial charge on any atom is 0.0480 e. The number of hydrogen-bond acceptors (Lipinski definition) is 3. The van der Waals surface area contributed by atoms with Crippen LogP contribution in [0.3, 0.4) is 0 Å². The fourth-order valence-electron chi connectivity index (χ4n) is 1.58. The monoisotopic (exact) mass is 217 g/mol. The van der Waals surface area contributed by atoms with Crippen LogP contribution in [0.5, 0.6) is 0 Å². The topological polar surface area (TPSA) is 30.5 Å². The Kier molecular flexibility index (Phi) is 11.9. The molecule has 0 heterocycles. The third-order valence-electron chi connectivity index (χ3n) is 2.35. The Morgan fingerprint density at radius 2 is 1.87 bits per heavy atom. The minimum absolute atomic E-state index is 0.585. The highest BCUT2D eigenvalue weighted by atomic mass is 16.5. The predicted molar refractivity (Wildman–Crippen MR) is 64.3 cm³/mol. The van der Waals surface area contributed by atoms with Gasteiger partial charge in [-0.2, -0.15) is 0 Å². The largest absolute Gasteiger partial charge is 0.385 e. The van der Waals surface area contributed by atoms with Crippen molar-refractivity contribution >= 4 is 0 Å². The van der Waals surface area contributed by atoms with Crippen molar-refractivity contribution in [2.45, 2.75) is 45.6 Å². The van der Waals surface area contributed by atoms with Crippen molar-refractivity contribution in [1.82, 2.24) is 5.32 Å². The summed E-state index contributed by atoms with van der Waals surface area (Å²) in [4.78, 5) is 0. The molecule has 0 bridgehead atoms. The van der Waals surface area contributed by atoms with Crippen LogP contribution in [0.25, 0.3) is 0 Å². The van der Waals surface area contributed by atoms with Crippen molar-refractivity contribution in [2.24, 2.45) is 0 Å². The van der Waals surface area contributed by atoms with Crippen LogP contribution in [0.2, 0.25) is 0 Å². The zero-order chi connectivity index (χ0) is 11.4. The van der Waals surface area contributed by atoms with Gasteiger partial charge in [0.25, 0.3) is 0 Å². The second-order valence-corrected chi connectivity index (χ2v) is 3.79. The molecule has 0 radical (unpaired) electrons. The van der Waals surface area contributed by atoms with Crippen molar-refractivity contribution in [1.29, 1.82) is 0 Å². The molecule has 92 valence electrons. The van der Waals surface area contributed by atoms with E-state index in [1.807, 2.05) is 0 Å². The van der Waals surface area contributed by atoms with Gasteiger partial charge < -0.3 is 14.8 Å². The van der Waals surface area contributed by atoms with Crippen LogP contribution in [0.4, 0.5) is 0 Å². The molecule has 1 N–H and O–H groups in total. The van der Waals surface area contributed by atoms with E-state index in [0.717, 1.165) is 45.6 Å². The first-order chi connectivity index (χ1) is 7.35. The molecule has 1 unspecified atom stereocenters. The number of ether oxygens (including phenoxy) is 2. The van der Waals surface area contributed by atoms with E-state index < -0.39 is 0 Å². The molecule has 0 saturated heterocycles. The first-order valence-electron chi connectivity index (χ1n) is 6.15. The molecule has 15 heavy (non-hydrogen) atoms. The Labute approximate surface area is 94.5 Å². The van der Waals surface area contributed by atoms with E-state index in [4.69, 9.17) is 9.47 Å². The number of methoxy groups -OCH3 is 1. The highest BCUT2D eigenvalue weighted by Gasteiger charge is 2.06. The molecule has 0 aliphatic carbocycles. The molecule has 3 nitrogen and oxygen atoms in total. The Balaban J connectivity index is 3.44. The molecule has 0 aromatic carbocycles. The van der Waals surface area contributed by atoms with Crippen molar-refractivity contribution in [3.05, 3.63) is 0 Å². The quantitative estimate of drug-likeness (QED) is 0.538. The molecule has 1 atom stereocenters. The van der Waals surface area contributed by atoms with E-state index in [9.17, 15) is 0 Å². The lowest BCUT2D eigenvalue weighted by Gasteiger charge is -2.17. The summed E-state index contributed by atoms with van der Waals surface area (Å²) < 4.78 is 10.5. The highest BCUT2D eigenvalue weighted by molar-refractivity contribution is 4.65. The van der Waals surface area contributed by atoms with Crippen molar-refractivity contribution in [3.63, 3.8) is 0 Å². The molecule has 0 amide bonds. The van der Waals surface area contributed by atoms with Crippen LogP contribution in [-0.4, -0.2) is 39.5 Å². The number of nitrogens with one attached hydrogen (secondary N) is 1. The first-order valence-corrected chi connectivity index (χ1v) is 6.15. The third kappa shape index (κ3) is 10.2.